The quantitative estimate of drug-likeness (QED) is 0.107. The number of rotatable bonds is 10. The first kappa shape index (κ1) is 39.1. The summed E-state index contributed by atoms with van der Waals surface area (Å²) in [5.41, 5.74) is 10.3. The fourth-order valence-electron chi connectivity index (χ4n) is 9.68. The van der Waals surface area contributed by atoms with Gasteiger partial charge in [0.25, 0.3) is 11.8 Å². The Morgan fingerprint density at radius 1 is 0.931 bits per heavy atom. The Morgan fingerprint density at radius 2 is 1.62 bits per heavy atom. The second-order valence-corrected chi connectivity index (χ2v) is 21.1. The van der Waals surface area contributed by atoms with Crippen molar-refractivity contribution >= 4 is 48.0 Å². The average Bonchev–Trinajstić information content (AvgIpc) is 3.66. The van der Waals surface area contributed by atoms with Crippen LogP contribution in [0.1, 0.15) is 46.0 Å². The molecule has 1 saturated heterocycles. The molecule has 0 saturated carbocycles. The summed E-state index contributed by atoms with van der Waals surface area (Å²) in [7, 11) is -0.944. The van der Waals surface area contributed by atoms with Gasteiger partial charge in [-0.15, -0.1) is 0 Å². The van der Waals surface area contributed by atoms with E-state index in [4.69, 9.17) is 15.2 Å². The van der Waals surface area contributed by atoms with Crippen LogP contribution in [0, 0.1) is 5.92 Å². The van der Waals surface area contributed by atoms with Gasteiger partial charge in [-0.3, -0.25) is 14.4 Å². The van der Waals surface area contributed by atoms with Crippen LogP contribution in [0.15, 0.2) is 121 Å². The Balaban J connectivity index is 1.22. The van der Waals surface area contributed by atoms with E-state index in [1.54, 1.807) is 41.2 Å². The number of methoxy groups -OCH3 is 1. The van der Waals surface area contributed by atoms with Crippen LogP contribution in [0.3, 0.4) is 0 Å². The third-order valence-electron chi connectivity index (χ3n) is 12.7. The largest absolute Gasteiger partial charge is 0.497 e. The number of amides is 3. The summed E-state index contributed by atoms with van der Waals surface area (Å²) in [5.74, 6) is -0.252. The molecule has 0 radical (unpaired) electrons. The van der Waals surface area contributed by atoms with E-state index in [0.717, 1.165) is 27.6 Å². The van der Waals surface area contributed by atoms with Gasteiger partial charge in [0.15, 0.2) is 5.60 Å². The number of hydrogen-bond donors (Lipinski definition) is 3. The van der Waals surface area contributed by atoms with Crippen LogP contribution < -0.4 is 25.9 Å². The van der Waals surface area contributed by atoms with Crippen molar-refractivity contribution in [2.75, 3.05) is 29.7 Å². The number of aliphatic hydroxyl groups is 1. The number of carbonyl (C=O) groups is 3. The molecule has 8 rings (SSSR count). The van der Waals surface area contributed by atoms with Gasteiger partial charge in [0.1, 0.15) is 5.75 Å². The smallest absolute Gasteiger partial charge is 0.264 e. The predicted octanol–water partition coefficient (Wildman–Crippen LogP) is 6.63. The summed E-state index contributed by atoms with van der Waals surface area (Å²) < 4.78 is 12.8. The van der Waals surface area contributed by atoms with Crippen molar-refractivity contribution in [2.24, 2.45) is 5.92 Å². The first-order chi connectivity index (χ1) is 27.9. The van der Waals surface area contributed by atoms with E-state index in [1.807, 2.05) is 78.9 Å². The molecule has 5 atom stereocenters. The number of ether oxygens (including phenoxy) is 2. The minimum Gasteiger partial charge on any atom is -0.497 e. The van der Waals surface area contributed by atoms with E-state index >= 15 is 4.79 Å². The van der Waals surface area contributed by atoms with Gasteiger partial charge in [0, 0.05) is 35.0 Å². The number of carbonyl (C=O) groups excluding carboxylic acids is 3. The number of fused-ring (bicyclic) bond motifs is 3. The predicted molar refractivity (Wildman–Crippen MR) is 229 cm³/mol. The Hall–Kier alpha value is -5.75. The summed E-state index contributed by atoms with van der Waals surface area (Å²) in [6, 6.07) is 37.9. The summed E-state index contributed by atoms with van der Waals surface area (Å²) in [5, 5.41) is 14.7. The van der Waals surface area contributed by atoms with E-state index < -0.39 is 19.8 Å². The highest BCUT2D eigenvalue weighted by molar-refractivity contribution is 6.91. The number of anilines is 3. The molecule has 1 fully saturated rings. The molecule has 4 N–H and O–H groups in total. The molecule has 3 aliphatic rings. The molecular weight excluding hydrogens is 745 g/mol. The number of nitrogens with two attached hydrogens (primary N) is 1. The van der Waals surface area contributed by atoms with E-state index in [0.29, 0.717) is 47.7 Å². The highest BCUT2D eigenvalue weighted by Gasteiger charge is 2.66. The second kappa shape index (κ2) is 15.5. The minimum atomic E-state index is -2.59. The first-order valence-corrected chi connectivity index (χ1v) is 23.0. The van der Waals surface area contributed by atoms with Crippen molar-refractivity contribution in [3.05, 3.63) is 149 Å². The summed E-state index contributed by atoms with van der Waals surface area (Å²) in [6.07, 6.45) is -0.0359. The molecule has 10 nitrogen and oxygen atoms in total. The Labute approximate surface area is 340 Å². The molecule has 3 aliphatic heterocycles. The molecule has 5 aromatic rings. The van der Waals surface area contributed by atoms with Crippen LogP contribution in [-0.2, 0) is 39.4 Å². The molecule has 0 aliphatic carbocycles. The fraction of sp³-hybridized carbons (Fsp3) is 0.298. The molecule has 0 bridgehead atoms. The molecular formula is C47H50N4O6Si. The van der Waals surface area contributed by atoms with Crippen LogP contribution in [0.2, 0.25) is 18.6 Å². The van der Waals surface area contributed by atoms with Crippen molar-refractivity contribution < 1.29 is 29.0 Å². The van der Waals surface area contributed by atoms with E-state index in [9.17, 15) is 14.7 Å². The molecule has 1 spiro atoms. The molecule has 0 aromatic heterocycles. The molecule has 58 heavy (non-hydrogen) atoms. The maximum Gasteiger partial charge on any atom is 0.264 e. The summed E-state index contributed by atoms with van der Waals surface area (Å²) in [6.45, 7) is 7.21. The van der Waals surface area contributed by atoms with Gasteiger partial charge in [-0.05, 0) is 83.2 Å². The molecule has 11 heteroatoms. The lowest BCUT2D eigenvalue weighted by atomic mass is 9.82. The highest BCUT2D eigenvalue weighted by atomic mass is 28.3. The molecule has 3 heterocycles. The van der Waals surface area contributed by atoms with Crippen LogP contribution in [0.5, 0.6) is 5.75 Å². The van der Waals surface area contributed by atoms with Crippen molar-refractivity contribution in [3.8, 4) is 5.75 Å². The lowest BCUT2D eigenvalue weighted by molar-refractivity contribution is -0.151. The van der Waals surface area contributed by atoms with E-state index in [1.165, 1.54) is 0 Å². The van der Waals surface area contributed by atoms with Crippen LogP contribution in [0.4, 0.5) is 17.1 Å². The van der Waals surface area contributed by atoms with Gasteiger partial charge in [-0.2, -0.15) is 0 Å². The van der Waals surface area contributed by atoms with Gasteiger partial charge in [-0.1, -0.05) is 91.9 Å². The Kier molecular flexibility index (Phi) is 10.5. The zero-order valence-electron chi connectivity index (χ0n) is 33.4. The zero-order valence-corrected chi connectivity index (χ0v) is 34.4. The SMILES string of the molecule is COc1ccc([Si](C)(C)[C@@H]2[C@@H](CC(=O)N3Cc4ccccc4C[C@H]3CO)O[C@]3(C(=O)N(Cc4ccccc4)c4ccc(NC(=O)c5ccc(N)cc5)cc43)[C@H]2C)cc1. The maximum absolute atomic E-state index is 15.4. The number of aliphatic hydroxyl groups excluding tert-OH is 1. The normalized spacial score (nSPS) is 22.5. The van der Waals surface area contributed by atoms with Crippen molar-refractivity contribution in [3.63, 3.8) is 0 Å². The molecule has 298 valence electrons. The van der Waals surface area contributed by atoms with Crippen LogP contribution >= 0.6 is 0 Å². The monoisotopic (exact) mass is 794 g/mol. The number of nitrogens with zero attached hydrogens (tertiary/aromatic N) is 2. The van der Waals surface area contributed by atoms with Crippen molar-refractivity contribution in [1.82, 2.24) is 4.90 Å². The van der Waals surface area contributed by atoms with Gasteiger partial charge in [0.2, 0.25) is 5.91 Å². The number of nitrogen functional groups attached to an aromatic ring is 1. The topological polar surface area (TPSA) is 134 Å². The third kappa shape index (κ3) is 6.86. The number of hydrogen-bond acceptors (Lipinski definition) is 7. The lowest BCUT2D eigenvalue weighted by Gasteiger charge is -2.39. The zero-order chi connectivity index (χ0) is 40.8. The highest BCUT2D eigenvalue weighted by Crippen LogP contribution is 2.60. The van der Waals surface area contributed by atoms with Gasteiger partial charge < -0.3 is 35.4 Å². The maximum atomic E-state index is 15.4. The second-order valence-electron chi connectivity index (χ2n) is 16.4. The van der Waals surface area contributed by atoms with Gasteiger partial charge in [0.05, 0.1) is 52.6 Å². The lowest BCUT2D eigenvalue weighted by Crippen LogP contribution is -2.52. The van der Waals surface area contributed by atoms with Crippen molar-refractivity contribution in [2.45, 2.75) is 69.2 Å². The van der Waals surface area contributed by atoms with Gasteiger partial charge >= 0.3 is 0 Å². The van der Waals surface area contributed by atoms with Crippen LogP contribution in [-0.4, -0.2) is 61.7 Å². The van der Waals surface area contributed by atoms with Crippen LogP contribution in [0.25, 0.3) is 0 Å². The minimum absolute atomic E-state index is 0.0386. The van der Waals surface area contributed by atoms with E-state index in [2.05, 4.69) is 43.5 Å². The Bertz CT molecular complexity index is 2340. The number of benzene rings is 5. The average molecular weight is 795 g/mol. The standard InChI is InChI=1S/C47H50N4O6Si/c1-30-44(58(3,4)39-21-19-38(56-2)20-22-39)42(26-43(53)50-28-34-13-9-8-12-33(34)24-37(50)29-52)57-47(30)40-25-36(49-45(54)32-14-16-35(48)17-15-32)18-23-41(40)51(46(47)55)27-31-10-6-5-7-11-31/h5-23,25,30,37,42,44,52H,24,26-29,48H2,1-4H3,(H,49,54)/t30-,37-,42+,44-,47+/m0/s1. The summed E-state index contributed by atoms with van der Waals surface area (Å²) in [4.78, 5) is 47.2. The fourth-order valence-corrected chi connectivity index (χ4v) is 13.7. The molecule has 0 unspecified atom stereocenters. The summed E-state index contributed by atoms with van der Waals surface area (Å²) >= 11 is 0. The molecule has 5 aromatic carbocycles. The van der Waals surface area contributed by atoms with Gasteiger partial charge in [-0.25, -0.2) is 0 Å². The molecule has 3 amide bonds. The van der Waals surface area contributed by atoms with E-state index in [-0.39, 0.29) is 48.3 Å². The van der Waals surface area contributed by atoms with Crippen molar-refractivity contribution in [1.29, 1.82) is 0 Å². The number of nitrogens with one attached hydrogen (secondary N) is 1. The third-order valence-corrected chi connectivity index (χ3v) is 17.1. The first-order valence-electron chi connectivity index (χ1n) is 19.9. The Morgan fingerprint density at radius 3 is 2.31 bits per heavy atom.